The Hall–Kier alpha value is -1.26. The Bertz CT molecular complexity index is 462. The zero-order valence-electron chi connectivity index (χ0n) is 12.2. The molecule has 1 saturated heterocycles. The monoisotopic (exact) mass is 276 g/mol. The van der Waals surface area contributed by atoms with Crippen molar-refractivity contribution in [3.8, 4) is 11.5 Å². The first kappa shape index (κ1) is 13.7. The number of fused-ring (bicyclic) bond motifs is 1. The molecule has 2 atom stereocenters. The predicted octanol–water partition coefficient (Wildman–Crippen LogP) is 2.33. The van der Waals surface area contributed by atoms with Gasteiger partial charge in [0.15, 0.2) is 11.5 Å². The third-order valence-electron chi connectivity index (χ3n) is 4.20. The molecule has 0 saturated carbocycles. The fourth-order valence-corrected chi connectivity index (χ4v) is 3.34. The van der Waals surface area contributed by atoms with Crippen molar-refractivity contribution in [2.45, 2.75) is 38.3 Å². The van der Waals surface area contributed by atoms with Crippen molar-refractivity contribution in [1.29, 1.82) is 0 Å². The van der Waals surface area contributed by atoms with Gasteiger partial charge in [-0.1, -0.05) is 13.0 Å². The van der Waals surface area contributed by atoms with E-state index >= 15 is 0 Å². The van der Waals surface area contributed by atoms with Crippen LogP contribution in [0.2, 0.25) is 0 Å². The Morgan fingerprint density at radius 3 is 2.85 bits per heavy atom. The maximum Gasteiger partial charge on any atom is 0.161 e. The van der Waals surface area contributed by atoms with Gasteiger partial charge in [-0.05, 0) is 50.0 Å². The fraction of sp³-hybridized carbons (Fsp3) is 0.625. The predicted molar refractivity (Wildman–Crippen MR) is 79.2 cm³/mol. The van der Waals surface area contributed by atoms with Crippen LogP contribution in [0.3, 0.4) is 0 Å². The Kier molecular flexibility index (Phi) is 4.13. The van der Waals surface area contributed by atoms with Gasteiger partial charge in [0.05, 0.1) is 6.04 Å². The molecule has 1 aromatic carbocycles. The van der Waals surface area contributed by atoms with Crippen molar-refractivity contribution in [2.75, 3.05) is 26.3 Å². The summed E-state index contributed by atoms with van der Waals surface area (Å²) in [5, 5.41) is 0. The van der Waals surface area contributed by atoms with E-state index in [0.29, 0.717) is 19.3 Å². The van der Waals surface area contributed by atoms with Gasteiger partial charge in [-0.15, -0.1) is 0 Å². The van der Waals surface area contributed by atoms with E-state index < -0.39 is 0 Å². The van der Waals surface area contributed by atoms with E-state index in [1.165, 1.54) is 12.0 Å². The van der Waals surface area contributed by atoms with Gasteiger partial charge in [0.1, 0.15) is 13.2 Å². The van der Waals surface area contributed by atoms with Crippen molar-refractivity contribution >= 4 is 0 Å². The topological polar surface area (TPSA) is 47.7 Å². The molecule has 0 bridgehead atoms. The summed E-state index contributed by atoms with van der Waals surface area (Å²) in [6.07, 6.45) is 3.45. The number of rotatable bonds is 3. The largest absolute Gasteiger partial charge is 0.486 e. The Labute approximate surface area is 120 Å². The van der Waals surface area contributed by atoms with Crippen LogP contribution in [0, 0.1) is 0 Å². The number of nitrogens with two attached hydrogens (primary N) is 1. The van der Waals surface area contributed by atoms with Crippen LogP contribution in [0.5, 0.6) is 11.5 Å². The molecule has 4 nitrogen and oxygen atoms in total. The van der Waals surface area contributed by atoms with E-state index in [4.69, 9.17) is 15.2 Å². The lowest BCUT2D eigenvalue weighted by atomic mass is 9.90. The van der Waals surface area contributed by atoms with Crippen molar-refractivity contribution in [3.63, 3.8) is 0 Å². The molecule has 110 valence electrons. The van der Waals surface area contributed by atoms with Crippen LogP contribution in [0.25, 0.3) is 0 Å². The number of likely N-dealkylation sites (tertiary alicyclic amines) is 1. The van der Waals surface area contributed by atoms with E-state index in [9.17, 15) is 0 Å². The molecule has 2 N–H and O–H groups in total. The maximum atomic E-state index is 6.39. The molecular formula is C16H24N2O2. The summed E-state index contributed by atoms with van der Waals surface area (Å²) < 4.78 is 11.3. The van der Waals surface area contributed by atoms with E-state index in [0.717, 1.165) is 37.4 Å². The van der Waals surface area contributed by atoms with Gasteiger partial charge >= 0.3 is 0 Å². The third kappa shape index (κ3) is 2.63. The van der Waals surface area contributed by atoms with Crippen molar-refractivity contribution in [1.82, 2.24) is 4.90 Å². The second-order valence-electron chi connectivity index (χ2n) is 5.69. The second kappa shape index (κ2) is 6.02. The molecule has 3 rings (SSSR count). The molecule has 0 aliphatic carbocycles. The smallest absolute Gasteiger partial charge is 0.161 e. The molecule has 2 heterocycles. The summed E-state index contributed by atoms with van der Waals surface area (Å²) >= 11 is 0. The first-order valence-corrected chi connectivity index (χ1v) is 7.68. The molecular weight excluding hydrogens is 252 g/mol. The summed E-state index contributed by atoms with van der Waals surface area (Å²) in [6, 6.07) is 6.80. The lowest BCUT2D eigenvalue weighted by molar-refractivity contribution is 0.127. The van der Waals surface area contributed by atoms with Crippen molar-refractivity contribution in [3.05, 3.63) is 23.8 Å². The molecule has 2 aliphatic rings. The molecule has 2 aliphatic heterocycles. The third-order valence-corrected chi connectivity index (χ3v) is 4.20. The lowest BCUT2D eigenvalue weighted by Crippen LogP contribution is -2.46. The van der Waals surface area contributed by atoms with Crippen LogP contribution in [0.1, 0.15) is 37.8 Å². The minimum Gasteiger partial charge on any atom is -0.486 e. The number of piperidine rings is 1. The SMILES string of the molecule is CCCN1CCCC(N)C1c1ccc2c(c1)OCCO2. The minimum atomic E-state index is 0.206. The Morgan fingerprint density at radius 2 is 2.05 bits per heavy atom. The molecule has 0 amide bonds. The molecule has 1 aromatic rings. The van der Waals surface area contributed by atoms with Crippen LogP contribution in [-0.4, -0.2) is 37.2 Å². The highest BCUT2D eigenvalue weighted by atomic mass is 16.6. The van der Waals surface area contributed by atoms with Gasteiger partial charge in [0.25, 0.3) is 0 Å². The van der Waals surface area contributed by atoms with E-state index in [1.807, 2.05) is 6.07 Å². The molecule has 1 fully saturated rings. The van der Waals surface area contributed by atoms with Crippen molar-refractivity contribution < 1.29 is 9.47 Å². The number of hydrogen-bond donors (Lipinski definition) is 1. The highest BCUT2D eigenvalue weighted by Crippen LogP contribution is 2.37. The molecule has 20 heavy (non-hydrogen) atoms. The maximum absolute atomic E-state index is 6.39. The normalized spacial score (nSPS) is 26.5. The number of ether oxygens (including phenoxy) is 2. The highest BCUT2D eigenvalue weighted by molar-refractivity contribution is 5.45. The highest BCUT2D eigenvalue weighted by Gasteiger charge is 2.30. The standard InChI is InChI=1S/C16H24N2O2/c1-2-7-18-8-3-4-13(17)16(18)12-5-6-14-15(11-12)20-10-9-19-14/h5-6,11,13,16H,2-4,7-10,17H2,1H3. The van der Waals surface area contributed by atoms with Gasteiger partial charge in [-0.2, -0.15) is 0 Å². The fourth-order valence-electron chi connectivity index (χ4n) is 3.34. The van der Waals surface area contributed by atoms with Gasteiger partial charge in [-0.3, -0.25) is 4.90 Å². The molecule has 0 spiro atoms. The second-order valence-corrected chi connectivity index (χ2v) is 5.69. The molecule has 4 heteroatoms. The number of hydrogen-bond acceptors (Lipinski definition) is 4. The molecule has 0 aromatic heterocycles. The van der Waals surface area contributed by atoms with Crippen LogP contribution < -0.4 is 15.2 Å². The Balaban J connectivity index is 1.88. The lowest BCUT2D eigenvalue weighted by Gasteiger charge is -2.40. The zero-order chi connectivity index (χ0) is 13.9. The summed E-state index contributed by atoms with van der Waals surface area (Å²) in [7, 11) is 0. The summed E-state index contributed by atoms with van der Waals surface area (Å²) in [5.74, 6) is 1.72. The number of benzene rings is 1. The number of nitrogens with zero attached hydrogens (tertiary/aromatic N) is 1. The van der Waals surface area contributed by atoms with E-state index in [1.54, 1.807) is 0 Å². The quantitative estimate of drug-likeness (QED) is 0.920. The van der Waals surface area contributed by atoms with E-state index in [2.05, 4.69) is 24.0 Å². The van der Waals surface area contributed by atoms with Gasteiger partial charge in [-0.25, -0.2) is 0 Å². The minimum absolute atomic E-state index is 0.206. The van der Waals surface area contributed by atoms with Crippen LogP contribution in [0.15, 0.2) is 18.2 Å². The van der Waals surface area contributed by atoms with Crippen molar-refractivity contribution in [2.24, 2.45) is 5.73 Å². The van der Waals surface area contributed by atoms with Gasteiger partial charge in [0, 0.05) is 6.04 Å². The summed E-state index contributed by atoms with van der Waals surface area (Å²) in [5.41, 5.74) is 7.65. The first-order valence-electron chi connectivity index (χ1n) is 7.68. The van der Waals surface area contributed by atoms with Gasteiger partial charge in [0.2, 0.25) is 0 Å². The average Bonchev–Trinajstić information content (AvgIpc) is 2.47. The van der Waals surface area contributed by atoms with Crippen LogP contribution >= 0.6 is 0 Å². The first-order chi connectivity index (χ1) is 9.79. The van der Waals surface area contributed by atoms with Crippen LogP contribution in [0.4, 0.5) is 0 Å². The molecule has 0 radical (unpaired) electrons. The van der Waals surface area contributed by atoms with Crippen LogP contribution in [-0.2, 0) is 0 Å². The zero-order valence-corrected chi connectivity index (χ0v) is 12.2. The van der Waals surface area contributed by atoms with Gasteiger partial charge < -0.3 is 15.2 Å². The van der Waals surface area contributed by atoms with E-state index in [-0.39, 0.29) is 6.04 Å². The molecule has 2 unspecified atom stereocenters. The Morgan fingerprint density at radius 1 is 1.25 bits per heavy atom. The average molecular weight is 276 g/mol. The summed E-state index contributed by atoms with van der Waals surface area (Å²) in [4.78, 5) is 2.51. The summed E-state index contributed by atoms with van der Waals surface area (Å²) in [6.45, 7) is 5.73.